The van der Waals surface area contributed by atoms with Crippen molar-refractivity contribution >= 4 is 5.91 Å². The summed E-state index contributed by atoms with van der Waals surface area (Å²) in [5, 5.41) is 0. The summed E-state index contributed by atoms with van der Waals surface area (Å²) in [6.07, 6.45) is 9.23. The molecule has 0 saturated carbocycles. The van der Waals surface area contributed by atoms with Crippen LogP contribution in [0.3, 0.4) is 0 Å². The zero-order valence-corrected chi connectivity index (χ0v) is 11.7. The van der Waals surface area contributed by atoms with Crippen molar-refractivity contribution in [3.63, 3.8) is 0 Å². The number of piperidine rings is 1. The van der Waals surface area contributed by atoms with Gasteiger partial charge in [0.2, 0.25) is 5.91 Å². The number of amides is 1. The summed E-state index contributed by atoms with van der Waals surface area (Å²) in [5.41, 5.74) is 2.34. The van der Waals surface area contributed by atoms with Crippen LogP contribution in [-0.4, -0.2) is 33.4 Å². The third-order valence-electron chi connectivity index (χ3n) is 4.72. The molecule has 0 radical (unpaired) electrons. The van der Waals surface area contributed by atoms with Gasteiger partial charge in [-0.05, 0) is 38.5 Å². The molecule has 4 heteroatoms. The van der Waals surface area contributed by atoms with E-state index in [0.717, 1.165) is 37.9 Å². The number of aryl methyl sites for hydroxylation is 1. The lowest BCUT2D eigenvalue weighted by molar-refractivity contribution is -0.139. The molecule has 1 aromatic rings. The molecule has 0 aromatic carbocycles. The SMILES string of the molecule is CCC1CCCCN1C(=O)C1CCc2nc[nH]c2C1. The fraction of sp³-hybridized carbons (Fsp3) is 0.733. The predicted molar refractivity (Wildman–Crippen MR) is 73.7 cm³/mol. The minimum atomic E-state index is 0.167. The second-order valence-corrected chi connectivity index (χ2v) is 5.86. The van der Waals surface area contributed by atoms with Crippen molar-refractivity contribution in [1.29, 1.82) is 0 Å². The van der Waals surface area contributed by atoms with Crippen LogP contribution in [0.25, 0.3) is 0 Å². The number of aromatic nitrogens is 2. The third kappa shape index (κ3) is 2.40. The number of likely N-dealkylation sites (tertiary alicyclic amines) is 1. The van der Waals surface area contributed by atoms with Gasteiger partial charge in [0.1, 0.15) is 0 Å². The maximum Gasteiger partial charge on any atom is 0.226 e. The number of aromatic amines is 1. The first-order valence-corrected chi connectivity index (χ1v) is 7.61. The molecule has 1 fully saturated rings. The quantitative estimate of drug-likeness (QED) is 0.888. The highest BCUT2D eigenvalue weighted by atomic mass is 16.2. The molecule has 2 heterocycles. The van der Waals surface area contributed by atoms with Crippen molar-refractivity contribution in [3.8, 4) is 0 Å². The summed E-state index contributed by atoms with van der Waals surface area (Å²) in [5.74, 6) is 0.548. The molecule has 1 saturated heterocycles. The second kappa shape index (κ2) is 5.35. The van der Waals surface area contributed by atoms with E-state index in [0.29, 0.717) is 11.9 Å². The first-order valence-electron chi connectivity index (χ1n) is 7.61. The average molecular weight is 261 g/mol. The van der Waals surface area contributed by atoms with Gasteiger partial charge in [0.25, 0.3) is 0 Å². The van der Waals surface area contributed by atoms with Gasteiger partial charge in [0.15, 0.2) is 0 Å². The fourth-order valence-corrected chi connectivity index (χ4v) is 3.56. The van der Waals surface area contributed by atoms with Crippen molar-refractivity contribution in [3.05, 3.63) is 17.7 Å². The molecule has 1 aliphatic heterocycles. The van der Waals surface area contributed by atoms with E-state index in [1.165, 1.54) is 25.0 Å². The molecular weight excluding hydrogens is 238 g/mol. The van der Waals surface area contributed by atoms with Gasteiger partial charge >= 0.3 is 0 Å². The van der Waals surface area contributed by atoms with Crippen LogP contribution in [0.1, 0.15) is 50.4 Å². The summed E-state index contributed by atoms with van der Waals surface area (Å²) in [4.78, 5) is 22.4. The molecule has 2 atom stereocenters. The molecule has 19 heavy (non-hydrogen) atoms. The molecule has 1 N–H and O–H groups in total. The van der Waals surface area contributed by atoms with Crippen molar-refractivity contribution < 1.29 is 4.79 Å². The molecule has 3 rings (SSSR count). The average Bonchev–Trinajstić information content (AvgIpc) is 2.93. The van der Waals surface area contributed by atoms with Crippen molar-refractivity contribution in [1.82, 2.24) is 14.9 Å². The van der Waals surface area contributed by atoms with Gasteiger partial charge in [0.05, 0.1) is 12.0 Å². The Labute approximate surface area is 114 Å². The predicted octanol–water partition coefficient (Wildman–Crippen LogP) is 2.31. The molecular formula is C15H23N3O. The van der Waals surface area contributed by atoms with Crippen LogP contribution in [0.15, 0.2) is 6.33 Å². The number of nitrogens with zero attached hydrogens (tertiary/aromatic N) is 2. The van der Waals surface area contributed by atoms with Gasteiger partial charge in [-0.3, -0.25) is 4.79 Å². The highest BCUT2D eigenvalue weighted by molar-refractivity contribution is 5.79. The normalized spacial score (nSPS) is 27.1. The lowest BCUT2D eigenvalue weighted by atomic mass is 9.87. The number of hydrogen-bond donors (Lipinski definition) is 1. The van der Waals surface area contributed by atoms with E-state index in [1.807, 2.05) is 0 Å². The summed E-state index contributed by atoms with van der Waals surface area (Å²) in [7, 11) is 0. The molecule has 0 spiro atoms. The lowest BCUT2D eigenvalue weighted by Gasteiger charge is -2.38. The highest BCUT2D eigenvalue weighted by Crippen LogP contribution is 2.28. The van der Waals surface area contributed by atoms with Gasteiger partial charge < -0.3 is 9.88 Å². The van der Waals surface area contributed by atoms with Crippen LogP contribution < -0.4 is 0 Å². The van der Waals surface area contributed by atoms with Crippen LogP contribution in [0, 0.1) is 5.92 Å². The monoisotopic (exact) mass is 261 g/mol. The Kier molecular flexibility index (Phi) is 3.58. The number of nitrogens with one attached hydrogen (secondary N) is 1. The second-order valence-electron chi connectivity index (χ2n) is 5.86. The number of rotatable bonds is 2. The van der Waals surface area contributed by atoms with Crippen molar-refractivity contribution in [2.75, 3.05) is 6.54 Å². The van der Waals surface area contributed by atoms with E-state index in [9.17, 15) is 4.79 Å². The number of H-pyrrole nitrogens is 1. The van der Waals surface area contributed by atoms with Gasteiger partial charge in [-0.15, -0.1) is 0 Å². The maximum atomic E-state index is 12.7. The zero-order chi connectivity index (χ0) is 13.2. The standard InChI is InChI=1S/C15H23N3O/c1-2-12-5-3-4-8-18(12)15(19)11-6-7-13-14(9-11)17-10-16-13/h10-12H,2-9H2,1H3,(H,16,17). The topological polar surface area (TPSA) is 49.0 Å². The number of hydrogen-bond acceptors (Lipinski definition) is 2. The Morgan fingerprint density at radius 1 is 1.47 bits per heavy atom. The first kappa shape index (κ1) is 12.7. The summed E-state index contributed by atoms with van der Waals surface area (Å²) < 4.78 is 0. The number of carbonyl (C=O) groups excluding carboxylic acids is 1. The van der Waals surface area contributed by atoms with E-state index in [1.54, 1.807) is 6.33 Å². The maximum absolute atomic E-state index is 12.7. The minimum Gasteiger partial charge on any atom is -0.348 e. The Balaban J connectivity index is 1.70. The summed E-state index contributed by atoms with van der Waals surface area (Å²) in [6, 6.07) is 0.476. The zero-order valence-electron chi connectivity index (χ0n) is 11.7. The van der Waals surface area contributed by atoms with Crippen LogP contribution >= 0.6 is 0 Å². The van der Waals surface area contributed by atoms with Gasteiger partial charge in [-0.1, -0.05) is 6.92 Å². The molecule has 2 aliphatic rings. The Hall–Kier alpha value is -1.32. The van der Waals surface area contributed by atoms with Crippen LogP contribution in [0.5, 0.6) is 0 Å². The highest BCUT2D eigenvalue weighted by Gasteiger charge is 2.33. The van der Waals surface area contributed by atoms with E-state index in [2.05, 4.69) is 21.8 Å². The van der Waals surface area contributed by atoms with Gasteiger partial charge in [-0.25, -0.2) is 4.98 Å². The van der Waals surface area contributed by atoms with Crippen molar-refractivity contribution in [2.45, 2.75) is 57.9 Å². The molecule has 1 aromatic heterocycles. The van der Waals surface area contributed by atoms with Gasteiger partial charge in [-0.2, -0.15) is 0 Å². The van der Waals surface area contributed by atoms with E-state index < -0.39 is 0 Å². The molecule has 1 aliphatic carbocycles. The van der Waals surface area contributed by atoms with Gasteiger partial charge in [0, 0.05) is 30.6 Å². The Bertz CT molecular complexity index is 454. The first-order chi connectivity index (χ1) is 9.29. The fourth-order valence-electron chi connectivity index (χ4n) is 3.56. The Morgan fingerprint density at radius 3 is 3.21 bits per heavy atom. The Morgan fingerprint density at radius 2 is 2.37 bits per heavy atom. The molecule has 1 amide bonds. The largest absolute Gasteiger partial charge is 0.348 e. The van der Waals surface area contributed by atoms with Crippen LogP contribution in [0.4, 0.5) is 0 Å². The van der Waals surface area contributed by atoms with Crippen LogP contribution in [-0.2, 0) is 17.6 Å². The summed E-state index contributed by atoms with van der Waals surface area (Å²) >= 11 is 0. The van der Waals surface area contributed by atoms with E-state index in [-0.39, 0.29) is 5.92 Å². The van der Waals surface area contributed by atoms with E-state index >= 15 is 0 Å². The van der Waals surface area contributed by atoms with E-state index in [4.69, 9.17) is 0 Å². The number of fused-ring (bicyclic) bond motifs is 1. The van der Waals surface area contributed by atoms with Crippen molar-refractivity contribution in [2.24, 2.45) is 5.92 Å². The minimum absolute atomic E-state index is 0.167. The molecule has 0 bridgehead atoms. The number of carbonyl (C=O) groups is 1. The smallest absolute Gasteiger partial charge is 0.226 e. The molecule has 104 valence electrons. The third-order valence-corrected chi connectivity index (χ3v) is 4.72. The van der Waals surface area contributed by atoms with Crippen LogP contribution in [0.2, 0.25) is 0 Å². The lowest BCUT2D eigenvalue weighted by Crippen LogP contribution is -2.47. The number of imidazole rings is 1. The summed E-state index contributed by atoms with van der Waals surface area (Å²) in [6.45, 7) is 3.16. The molecule has 4 nitrogen and oxygen atoms in total. The molecule has 2 unspecified atom stereocenters.